The lowest BCUT2D eigenvalue weighted by molar-refractivity contribution is -0.384. The van der Waals surface area contributed by atoms with Gasteiger partial charge in [0.1, 0.15) is 0 Å². The second-order valence-corrected chi connectivity index (χ2v) is 9.61. The SMILES string of the molecule is COCC1=C(CC(=O)NCCCN2CC=C(c3cccc([N+](=O)[O-])c3)CC2)[C@@H](c2ccc(F)c(F)c2)NC(=O)N1. The number of rotatable bonds is 11. The second-order valence-electron chi connectivity index (χ2n) is 9.61. The number of ether oxygens (including phenoxy) is 1. The number of nitro groups is 1. The van der Waals surface area contributed by atoms with Gasteiger partial charge in [0, 0.05) is 51.1 Å². The van der Waals surface area contributed by atoms with E-state index < -0.39 is 28.6 Å². The summed E-state index contributed by atoms with van der Waals surface area (Å²) in [6, 6.07) is 8.64. The quantitative estimate of drug-likeness (QED) is 0.220. The third-order valence-electron chi connectivity index (χ3n) is 6.89. The molecule has 0 aliphatic carbocycles. The van der Waals surface area contributed by atoms with Gasteiger partial charge in [0.05, 0.1) is 24.0 Å². The number of halogens is 2. The molecule has 212 valence electrons. The second kappa shape index (κ2) is 13.3. The van der Waals surface area contributed by atoms with Crippen LogP contribution in [-0.4, -0.2) is 61.7 Å². The number of nitrogens with one attached hydrogen (secondary N) is 3. The molecule has 0 unspecified atom stereocenters. The van der Waals surface area contributed by atoms with Crippen molar-refractivity contribution in [2.24, 2.45) is 0 Å². The number of carbonyl (C=O) groups is 2. The topological polar surface area (TPSA) is 126 Å². The number of hydrogen-bond donors (Lipinski definition) is 3. The number of benzene rings is 2. The molecule has 40 heavy (non-hydrogen) atoms. The molecule has 0 bridgehead atoms. The Morgan fingerprint density at radius 1 is 1.23 bits per heavy atom. The minimum Gasteiger partial charge on any atom is -0.378 e. The molecule has 2 aliphatic rings. The number of hydrogen-bond acceptors (Lipinski definition) is 6. The van der Waals surface area contributed by atoms with Gasteiger partial charge in [-0.1, -0.05) is 24.3 Å². The molecule has 2 aromatic carbocycles. The van der Waals surface area contributed by atoms with Crippen molar-refractivity contribution in [1.82, 2.24) is 20.9 Å². The molecule has 2 aliphatic heterocycles. The van der Waals surface area contributed by atoms with Crippen LogP contribution < -0.4 is 16.0 Å². The van der Waals surface area contributed by atoms with E-state index in [0.717, 1.165) is 42.8 Å². The number of non-ortho nitro benzene ring substituents is 1. The maximum atomic E-state index is 13.9. The molecular formula is C28H31F2N5O5. The van der Waals surface area contributed by atoms with Crippen LogP contribution in [0.2, 0.25) is 0 Å². The average Bonchev–Trinajstić information content (AvgIpc) is 2.94. The average molecular weight is 556 g/mol. The lowest BCUT2D eigenvalue weighted by atomic mass is 9.92. The highest BCUT2D eigenvalue weighted by Gasteiger charge is 2.30. The van der Waals surface area contributed by atoms with Gasteiger partial charge < -0.3 is 20.7 Å². The van der Waals surface area contributed by atoms with E-state index in [1.54, 1.807) is 12.1 Å². The smallest absolute Gasteiger partial charge is 0.319 e. The molecule has 1 atom stereocenters. The molecule has 0 fully saturated rings. The van der Waals surface area contributed by atoms with Gasteiger partial charge in [-0.05, 0) is 47.2 Å². The van der Waals surface area contributed by atoms with E-state index in [-0.39, 0.29) is 24.6 Å². The van der Waals surface area contributed by atoms with Crippen LogP contribution in [0.3, 0.4) is 0 Å². The summed E-state index contributed by atoms with van der Waals surface area (Å²) in [5.41, 5.74) is 3.23. The Morgan fingerprint density at radius 3 is 2.75 bits per heavy atom. The number of amides is 3. The predicted molar refractivity (Wildman–Crippen MR) is 144 cm³/mol. The number of methoxy groups -OCH3 is 1. The molecule has 0 aromatic heterocycles. The fraction of sp³-hybridized carbons (Fsp3) is 0.357. The van der Waals surface area contributed by atoms with Crippen LogP contribution in [0.5, 0.6) is 0 Å². The van der Waals surface area contributed by atoms with Crippen LogP contribution in [0, 0.1) is 21.7 Å². The van der Waals surface area contributed by atoms with Crippen molar-refractivity contribution in [3.05, 3.63) is 92.7 Å². The van der Waals surface area contributed by atoms with Crippen LogP contribution in [0.1, 0.15) is 36.4 Å². The molecule has 3 N–H and O–H groups in total. The molecule has 2 aromatic rings. The van der Waals surface area contributed by atoms with Crippen molar-refractivity contribution in [2.75, 3.05) is 39.9 Å². The van der Waals surface area contributed by atoms with Crippen LogP contribution in [0.15, 0.2) is 59.8 Å². The fourth-order valence-corrected chi connectivity index (χ4v) is 4.87. The van der Waals surface area contributed by atoms with Gasteiger partial charge in [-0.3, -0.25) is 19.8 Å². The molecule has 0 saturated heterocycles. The van der Waals surface area contributed by atoms with E-state index in [0.29, 0.717) is 36.3 Å². The Kier molecular flexibility index (Phi) is 9.56. The van der Waals surface area contributed by atoms with Crippen molar-refractivity contribution in [3.8, 4) is 0 Å². The number of nitrogens with zero attached hydrogens (tertiary/aromatic N) is 2. The highest BCUT2D eigenvalue weighted by atomic mass is 19.2. The van der Waals surface area contributed by atoms with E-state index >= 15 is 0 Å². The van der Waals surface area contributed by atoms with Crippen molar-refractivity contribution < 1.29 is 28.0 Å². The summed E-state index contributed by atoms with van der Waals surface area (Å²) in [5, 5.41) is 19.3. The largest absolute Gasteiger partial charge is 0.378 e. The summed E-state index contributed by atoms with van der Waals surface area (Å²) < 4.78 is 32.6. The van der Waals surface area contributed by atoms with Crippen LogP contribution in [0.25, 0.3) is 5.57 Å². The third-order valence-corrected chi connectivity index (χ3v) is 6.89. The van der Waals surface area contributed by atoms with E-state index in [1.807, 2.05) is 6.07 Å². The number of carbonyl (C=O) groups excluding carboxylic acids is 2. The highest BCUT2D eigenvalue weighted by molar-refractivity contribution is 5.83. The zero-order chi connectivity index (χ0) is 28.6. The standard InChI is InChI=1S/C28H31F2N5O5/c1-40-17-25-22(27(33-28(37)32-25)20-6-7-23(29)24(30)15-20)16-26(36)31-10-3-11-34-12-8-18(9-13-34)19-4-2-5-21(14-19)35(38)39/h2,4-8,14-15,27H,3,9-13,16-17H2,1H3,(H,31,36)(H2,32,33,37)/t27-/m1/s1. The van der Waals surface area contributed by atoms with Gasteiger partial charge in [-0.25, -0.2) is 13.6 Å². The zero-order valence-corrected chi connectivity index (χ0v) is 22.0. The van der Waals surface area contributed by atoms with E-state index in [1.165, 1.54) is 19.2 Å². The first kappa shape index (κ1) is 28.8. The molecule has 4 rings (SSSR count). The van der Waals surface area contributed by atoms with Gasteiger partial charge in [0.2, 0.25) is 5.91 Å². The molecule has 0 radical (unpaired) electrons. The lowest BCUT2D eigenvalue weighted by Gasteiger charge is -2.30. The van der Waals surface area contributed by atoms with Crippen molar-refractivity contribution in [2.45, 2.75) is 25.3 Å². The zero-order valence-electron chi connectivity index (χ0n) is 22.0. The first-order valence-electron chi connectivity index (χ1n) is 12.9. The minimum atomic E-state index is -1.05. The van der Waals surface area contributed by atoms with E-state index in [9.17, 15) is 28.5 Å². The van der Waals surface area contributed by atoms with Crippen LogP contribution >= 0.6 is 0 Å². The Morgan fingerprint density at radius 2 is 2.05 bits per heavy atom. The van der Waals surface area contributed by atoms with Gasteiger partial charge in [-0.2, -0.15) is 0 Å². The maximum absolute atomic E-state index is 13.9. The first-order chi connectivity index (χ1) is 19.2. The van der Waals surface area contributed by atoms with Gasteiger partial charge in [0.15, 0.2) is 11.6 Å². The Labute approximate surface area is 230 Å². The molecule has 12 heteroatoms. The normalized spacial score (nSPS) is 17.6. The van der Waals surface area contributed by atoms with Gasteiger partial charge >= 0.3 is 6.03 Å². The molecular weight excluding hydrogens is 524 g/mol. The highest BCUT2D eigenvalue weighted by Crippen LogP contribution is 2.30. The Balaban J connectivity index is 1.31. The van der Waals surface area contributed by atoms with Crippen molar-refractivity contribution in [3.63, 3.8) is 0 Å². The lowest BCUT2D eigenvalue weighted by Crippen LogP contribution is -2.46. The summed E-state index contributed by atoms with van der Waals surface area (Å²) in [7, 11) is 1.45. The summed E-state index contributed by atoms with van der Waals surface area (Å²) in [4.78, 5) is 37.9. The number of urea groups is 1. The van der Waals surface area contributed by atoms with E-state index in [2.05, 4.69) is 26.9 Å². The van der Waals surface area contributed by atoms with Crippen LogP contribution in [-0.2, 0) is 9.53 Å². The molecule has 2 heterocycles. The predicted octanol–water partition coefficient (Wildman–Crippen LogP) is 3.81. The van der Waals surface area contributed by atoms with Gasteiger partial charge in [0.25, 0.3) is 5.69 Å². The monoisotopic (exact) mass is 555 g/mol. The van der Waals surface area contributed by atoms with E-state index in [4.69, 9.17) is 4.74 Å². The molecule has 0 spiro atoms. The fourth-order valence-electron chi connectivity index (χ4n) is 4.87. The maximum Gasteiger partial charge on any atom is 0.319 e. The third kappa shape index (κ3) is 7.27. The number of nitro benzene ring substituents is 1. The Bertz CT molecular complexity index is 1350. The Hall–Kier alpha value is -4.16. The van der Waals surface area contributed by atoms with Crippen LogP contribution in [0.4, 0.5) is 19.3 Å². The molecule has 10 nitrogen and oxygen atoms in total. The summed E-state index contributed by atoms with van der Waals surface area (Å²) in [5.74, 6) is -2.33. The molecule has 0 saturated carbocycles. The molecule has 3 amide bonds. The van der Waals surface area contributed by atoms with Gasteiger partial charge in [-0.15, -0.1) is 0 Å². The summed E-state index contributed by atoms with van der Waals surface area (Å²) in [6.45, 7) is 2.74. The first-order valence-corrected chi connectivity index (χ1v) is 12.9. The summed E-state index contributed by atoms with van der Waals surface area (Å²) >= 11 is 0. The minimum absolute atomic E-state index is 0.0387. The van der Waals surface area contributed by atoms with Crippen molar-refractivity contribution >= 4 is 23.2 Å². The summed E-state index contributed by atoms with van der Waals surface area (Å²) in [6.07, 6.45) is 3.48. The van der Waals surface area contributed by atoms with Crippen molar-refractivity contribution in [1.29, 1.82) is 0 Å².